The zero-order valence-corrected chi connectivity index (χ0v) is 12.1. The van der Waals surface area contributed by atoms with Crippen LogP contribution < -0.4 is 10.1 Å². The lowest BCUT2D eigenvalue weighted by molar-refractivity contribution is -0.140. The number of ether oxygens (including phenoxy) is 1. The number of hydrogen-bond donors (Lipinski definition) is 2. The van der Waals surface area contributed by atoms with Gasteiger partial charge in [0.05, 0.1) is 12.3 Å². The van der Waals surface area contributed by atoms with E-state index in [4.69, 9.17) is 4.74 Å². The molecular formula is C16H11F3N2O3. The highest BCUT2D eigenvalue weighted by Gasteiger charge is 2.51. The van der Waals surface area contributed by atoms with Crippen molar-refractivity contribution in [3.63, 3.8) is 0 Å². The molecule has 1 atom stereocenters. The first-order valence-electron chi connectivity index (χ1n) is 7.18. The average molecular weight is 336 g/mol. The second-order valence-corrected chi connectivity index (χ2v) is 5.67. The normalized spacial score (nSPS) is 21.9. The van der Waals surface area contributed by atoms with E-state index in [9.17, 15) is 23.1 Å². The predicted molar refractivity (Wildman–Crippen MR) is 76.5 cm³/mol. The van der Waals surface area contributed by atoms with Crippen LogP contribution in [0.5, 0.6) is 5.75 Å². The molecule has 24 heavy (non-hydrogen) atoms. The molecule has 0 radical (unpaired) electrons. The van der Waals surface area contributed by atoms with E-state index in [0.717, 1.165) is 11.8 Å². The van der Waals surface area contributed by atoms with E-state index in [1.807, 2.05) is 0 Å². The van der Waals surface area contributed by atoms with Gasteiger partial charge in [-0.3, -0.25) is 4.79 Å². The third-order valence-corrected chi connectivity index (χ3v) is 4.28. The standard InChI is InChI=1S/C16H11F3N2O3/c17-16(18,19)13-12-10(3-5-20-13)15(23,14(22)21-12)9-1-2-11-8(7-9)4-6-24-11/h1-3,5,7,23H,4,6H2,(H,21,22). The molecule has 1 aromatic carbocycles. The van der Waals surface area contributed by atoms with E-state index in [-0.39, 0.29) is 11.1 Å². The molecule has 2 aliphatic rings. The Morgan fingerprint density at radius 3 is 2.83 bits per heavy atom. The van der Waals surface area contributed by atoms with Gasteiger partial charge in [0, 0.05) is 18.2 Å². The number of halogens is 3. The number of pyridine rings is 1. The SMILES string of the molecule is O=C1Nc2c(ccnc2C(F)(F)F)C1(O)c1ccc2c(c1)CCO2. The van der Waals surface area contributed by atoms with Gasteiger partial charge in [0.15, 0.2) is 11.3 Å². The monoisotopic (exact) mass is 336 g/mol. The molecule has 0 saturated carbocycles. The summed E-state index contributed by atoms with van der Waals surface area (Å²) in [5, 5.41) is 13.1. The molecule has 2 aliphatic heterocycles. The number of carbonyl (C=O) groups excluding carboxylic acids is 1. The van der Waals surface area contributed by atoms with Crippen molar-refractivity contribution >= 4 is 11.6 Å². The van der Waals surface area contributed by atoms with Gasteiger partial charge in [-0.25, -0.2) is 4.98 Å². The highest BCUT2D eigenvalue weighted by atomic mass is 19.4. The molecule has 1 aromatic heterocycles. The summed E-state index contributed by atoms with van der Waals surface area (Å²) in [5.41, 5.74) is -3.10. The zero-order chi connectivity index (χ0) is 17.1. The Morgan fingerprint density at radius 1 is 1.29 bits per heavy atom. The van der Waals surface area contributed by atoms with Crippen molar-refractivity contribution in [1.29, 1.82) is 0 Å². The van der Waals surface area contributed by atoms with Crippen LogP contribution in [0.25, 0.3) is 0 Å². The molecule has 0 spiro atoms. The summed E-state index contributed by atoms with van der Waals surface area (Å²) in [4.78, 5) is 15.6. The van der Waals surface area contributed by atoms with E-state index in [1.165, 1.54) is 12.1 Å². The number of anilines is 1. The number of carbonyl (C=O) groups is 1. The van der Waals surface area contributed by atoms with Gasteiger partial charge < -0.3 is 15.2 Å². The van der Waals surface area contributed by atoms with Gasteiger partial charge in [-0.05, 0) is 29.3 Å². The number of rotatable bonds is 1. The van der Waals surface area contributed by atoms with Crippen LogP contribution >= 0.6 is 0 Å². The van der Waals surface area contributed by atoms with Crippen LogP contribution in [0.15, 0.2) is 30.5 Å². The van der Waals surface area contributed by atoms with Crippen molar-refractivity contribution < 1.29 is 27.8 Å². The molecule has 0 aliphatic carbocycles. The molecule has 4 rings (SSSR count). The summed E-state index contributed by atoms with van der Waals surface area (Å²) >= 11 is 0. The van der Waals surface area contributed by atoms with Crippen LogP contribution in [0, 0.1) is 0 Å². The second kappa shape index (κ2) is 4.70. The average Bonchev–Trinajstić information content (AvgIpc) is 3.09. The quantitative estimate of drug-likeness (QED) is 0.838. The number of fused-ring (bicyclic) bond motifs is 2. The van der Waals surface area contributed by atoms with E-state index >= 15 is 0 Å². The zero-order valence-electron chi connectivity index (χ0n) is 12.1. The molecular weight excluding hydrogens is 325 g/mol. The summed E-state index contributed by atoms with van der Waals surface area (Å²) < 4.78 is 44.6. The fourth-order valence-corrected chi connectivity index (χ4v) is 3.13. The van der Waals surface area contributed by atoms with Crippen molar-refractivity contribution in [3.8, 4) is 5.75 Å². The number of amides is 1. The van der Waals surface area contributed by atoms with Gasteiger partial charge in [0.2, 0.25) is 0 Å². The number of hydrogen-bond acceptors (Lipinski definition) is 4. The van der Waals surface area contributed by atoms with Crippen molar-refractivity contribution in [2.75, 3.05) is 11.9 Å². The lowest BCUT2D eigenvalue weighted by Gasteiger charge is -2.22. The van der Waals surface area contributed by atoms with Crippen molar-refractivity contribution in [2.45, 2.75) is 18.2 Å². The lowest BCUT2D eigenvalue weighted by atomic mass is 9.86. The summed E-state index contributed by atoms with van der Waals surface area (Å²) in [5.74, 6) is -0.290. The summed E-state index contributed by atoms with van der Waals surface area (Å²) in [6, 6.07) is 5.89. The lowest BCUT2D eigenvalue weighted by Crippen LogP contribution is -2.35. The third kappa shape index (κ3) is 1.92. The van der Waals surface area contributed by atoms with E-state index < -0.39 is 29.1 Å². The first-order chi connectivity index (χ1) is 11.3. The molecule has 0 fully saturated rings. The van der Waals surface area contributed by atoms with Crippen LogP contribution in [-0.2, 0) is 23.0 Å². The van der Waals surface area contributed by atoms with E-state index in [1.54, 1.807) is 12.1 Å². The van der Waals surface area contributed by atoms with Crippen molar-refractivity contribution in [2.24, 2.45) is 0 Å². The number of aliphatic hydroxyl groups is 1. The predicted octanol–water partition coefficient (Wildman–Crippen LogP) is 2.22. The topological polar surface area (TPSA) is 71.5 Å². The minimum atomic E-state index is -4.74. The maximum Gasteiger partial charge on any atom is 0.435 e. The fraction of sp³-hybridized carbons (Fsp3) is 0.250. The van der Waals surface area contributed by atoms with Crippen LogP contribution in [0.4, 0.5) is 18.9 Å². The van der Waals surface area contributed by atoms with Gasteiger partial charge in [0.25, 0.3) is 5.91 Å². The van der Waals surface area contributed by atoms with Crippen LogP contribution in [0.3, 0.4) is 0 Å². The number of benzene rings is 1. The number of aromatic nitrogens is 1. The Hall–Kier alpha value is -2.61. The number of nitrogens with one attached hydrogen (secondary N) is 1. The molecule has 8 heteroatoms. The highest BCUT2D eigenvalue weighted by Crippen LogP contribution is 2.46. The van der Waals surface area contributed by atoms with Gasteiger partial charge in [-0.2, -0.15) is 13.2 Å². The Morgan fingerprint density at radius 2 is 2.08 bits per heavy atom. The third-order valence-electron chi connectivity index (χ3n) is 4.28. The Labute approximate surface area is 134 Å². The van der Waals surface area contributed by atoms with Gasteiger partial charge in [-0.1, -0.05) is 6.07 Å². The molecule has 2 N–H and O–H groups in total. The minimum absolute atomic E-state index is 0.159. The molecule has 0 saturated heterocycles. The summed E-state index contributed by atoms with van der Waals surface area (Å²) in [6.07, 6.45) is -3.20. The molecule has 3 heterocycles. The van der Waals surface area contributed by atoms with Crippen LogP contribution in [0.2, 0.25) is 0 Å². The maximum atomic E-state index is 13.1. The van der Waals surface area contributed by atoms with Gasteiger partial charge in [0.1, 0.15) is 5.75 Å². The van der Waals surface area contributed by atoms with E-state index in [0.29, 0.717) is 18.8 Å². The number of nitrogens with zero attached hydrogens (tertiary/aromatic N) is 1. The first-order valence-corrected chi connectivity index (χ1v) is 7.18. The van der Waals surface area contributed by atoms with Crippen LogP contribution in [0.1, 0.15) is 22.4 Å². The van der Waals surface area contributed by atoms with Crippen molar-refractivity contribution in [1.82, 2.24) is 4.98 Å². The highest BCUT2D eigenvalue weighted by molar-refractivity contribution is 6.07. The van der Waals surface area contributed by atoms with Gasteiger partial charge >= 0.3 is 6.18 Å². The Kier molecular flexibility index (Phi) is 2.93. The first kappa shape index (κ1) is 14.9. The minimum Gasteiger partial charge on any atom is -0.493 e. The molecule has 1 unspecified atom stereocenters. The largest absolute Gasteiger partial charge is 0.493 e. The smallest absolute Gasteiger partial charge is 0.435 e. The molecule has 5 nitrogen and oxygen atoms in total. The molecule has 1 amide bonds. The second-order valence-electron chi connectivity index (χ2n) is 5.67. The van der Waals surface area contributed by atoms with Gasteiger partial charge in [-0.15, -0.1) is 0 Å². The Balaban J connectivity index is 1.90. The molecule has 0 bridgehead atoms. The van der Waals surface area contributed by atoms with Crippen molar-refractivity contribution in [3.05, 3.63) is 52.8 Å². The summed E-state index contributed by atoms with van der Waals surface area (Å²) in [7, 11) is 0. The molecule has 124 valence electrons. The molecule has 2 aromatic rings. The number of alkyl halides is 3. The van der Waals surface area contributed by atoms with E-state index in [2.05, 4.69) is 10.3 Å². The summed E-state index contributed by atoms with van der Waals surface area (Å²) in [6.45, 7) is 0.488. The maximum absolute atomic E-state index is 13.1. The fourth-order valence-electron chi connectivity index (χ4n) is 3.13. The van der Waals surface area contributed by atoms with Crippen LogP contribution in [-0.4, -0.2) is 22.6 Å². The Bertz CT molecular complexity index is 866.